The third kappa shape index (κ3) is 3.85. The molecular weight excluding hydrogens is 432 g/mol. The zero-order valence-corrected chi connectivity index (χ0v) is 20.6. The number of carbonyl (C=O) groups excluding carboxylic acids is 1. The van der Waals surface area contributed by atoms with Crippen molar-refractivity contribution in [2.75, 3.05) is 19.6 Å². The summed E-state index contributed by atoms with van der Waals surface area (Å²) in [5.74, 6) is 0.707. The number of aromatic amines is 1. The summed E-state index contributed by atoms with van der Waals surface area (Å²) in [5.41, 5.74) is 12.7. The van der Waals surface area contributed by atoms with Crippen molar-refractivity contribution in [3.63, 3.8) is 0 Å². The number of likely N-dealkylation sites (tertiary alicyclic amines) is 1. The van der Waals surface area contributed by atoms with E-state index in [-0.39, 0.29) is 5.91 Å². The van der Waals surface area contributed by atoms with E-state index in [0.29, 0.717) is 18.4 Å². The highest BCUT2D eigenvalue weighted by molar-refractivity contribution is 7.19. The van der Waals surface area contributed by atoms with Crippen molar-refractivity contribution < 1.29 is 4.79 Å². The fraction of sp³-hybridized carbons (Fsp3) is 0.480. The number of fused-ring (bicyclic) bond motifs is 2. The van der Waals surface area contributed by atoms with Crippen LogP contribution in [0.3, 0.4) is 0 Å². The molecule has 174 valence electrons. The van der Waals surface area contributed by atoms with Gasteiger partial charge in [-0.15, -0.1) is 11.3 Å². The van der Waals surface area contributed by atoms with Crippen molar-refractivity contribution in [3.8, 4) is 11.3 Å². The van der Waals surface area contributed by atoms with Gasteiger partial charge in [-0.1, -0.05) is 20.8 Å². The molecule has 7 nitrogen and oxygen atoms in total. The molecule has 0 bridgehead atoms. The molecule has 0 atom stereocenters. The monoisotopic (exact) mass is 464 g/mol. The van der Waals surface area contributed by atoms with Crippen molar-refractivity contribution in [2.45, 2.75) is 58.8 Å². The second-order valence-electron chi connectivity index (χ2n) is 9.53. The molecule has 3 N–H and O–H groups in total. The Kier molecular flexibility index (Phi) is 5.74. The van der Waals surface area contributed by atoms with Crippen LogP contribution in [0.1, 0.15) is 67.0 Å². The van der Waals surface area contributed by atoms with Gasteiger partial charge in [-0.05, 0) is 73.9 Å². The topological polar surface area (TPSA) is 92.3 Å². The van der Waals surface area contributed by atoms with Crippen molar-refractivity contribution in [2.24, 2.45) is 5.73 Å². The van der Waals surface area contributed by atoms with Crippen molar-refractivity contribution >= 4 is 33.1 Å². The van der Waals surface area contributed by atoms with Crippen LogP contribution in [-0.4, -0.2) is 50.0 Å². The van der Waals surface area contributed by atoms with Gasteiger partial charge in [-0.3, -0.25) is 9.69 Å². The Balaban J connectivity index is 1.57. The fourth-order valence-electron chi connectivity index (χ4n) is 5.45. The molecule has 4 aromatic heterocycles. The Labute approximate surface area is 198 Å². The van der Waals surface area contributed by atoms with Gasteiger partial charge in [0.05, 0.1) is 12.2 Å². The zero-order valence-electron chi connectivity index (χ0n) is 19.8. The lowest BCUT2D eigenvalue weighted by molar-refractivity contribution is -0.119. The normalized spacial score (nSPS) is 15.9. The van der Waals surface area contributed by atoms with E-state index in [1.165, 1.54) is 31.9 Å². The summed E-state index contributed by atoms with van der Waals surface area (Å²) in [6.45, 7) is 11.2. The summed E-state index contributed by atoms with van der Waals surface area (Å²) in [7, 11) is 0. The number of carbonyl (C=O) groups is 1. The Bertz CT molecular complexity index is 1320. The number of nitrogens with zero attached hydrogens (tertiary/aromatic N) is 4. The number of nitrogens with one attached hydrogen (secondary N) is 1. The van der Waals surface area contributed by atoms with Crippen molar-refractivity contribution in [3.05, 3.63) is 40.2 Å². The molecule has 0 aromatic carbocycles. The molecule has 5 heterocycles. The highest BCUT2D eigenvalue weighted by Gasteiger charge is 2.29. The minimum atomic E-state index is -0.236. The fourth-order valence-corrected chi connectivity index (χ4v) is 6.93. The van der Waals surface area contributed by atoms with Gasteiger partial charge in [0.15, 0.2) is 5.65 Å². The Morgan fingerprint density at radius 3 is 2.76 bits per heavy atom. The standard InChI is InChI=1S/C25H32N6OS/c1-5-18-21-20(14(2)3)22(17-10-15(4)24-27-13-28-31(24)11-17)29-25(21)33-23(18)16-6-8-30(9-7-16)12-19(26)32/h10-11,13-14,16,29H,5-9,12H2,1-4H3,(H2,26,32). The van der Waals surface area contributed by atoms with Crippen LogP contribution >= 0.6 is 11.3 Å². The number of H-pyrrole nitrogens is 1. The molecule has 0 radical (unpaired) electrons. The van der Waals surface area contributed by atoms with Gasteiger partial charge in [0.1, 0.15) is 11.2 Å². The average molecular weight is 465 g/mol. The van der Waals surface area contributed by atoms with Crippen LogP contribution < -0.4 is 5.73 Å². The molecule has 0 unspecified atom stereocenters. The van der Waals surface area contributed by atoms with Gasteiger partial charge >= 0.3 is 0 Å². The van der Waals surface area contributed by atoms with Gasteiger partial charge in [-0.2, -0.15) is 5.10 Å². The number of aromatic nitrogens is 4. The highest BCUT2D eigenvalue weighted by Crippen LogP contribution is 2.46. The molecule has 1 fully saturated rings. The molecule has 0 saturated carbocycles. The van der Waals surface area contributed by atoms with E-state index in [9.17, 15) is 4.79 Å². The molecule has 0 aliphatic carbocycles. The van der Waals surface area contributed by atoms with Gasteiger partial charge in [0.2, 0.25) is 5.91 Å². The smallest absolute Gasteiger partial charge is 0.231 e. The second-order valence-corrected chi connectivity index (χ2v) is 10.6. The van der Waals surface area contributed by atoms with Crippen LogP contribution in [0.25, 0.3) is 27.1 Å². The number of primary amides is 1. The van der Waals surface area contributed by atoms with Gasteiger partial charge in [0, 0.05) is 22.0 Å². The maximum Gasteiger partial charge on any atom is 0.231 e. The maximum atomic E-state index is 11.3. The van der Waals surface area contributed by atoms with E-state index in [2.05, 4.69) is 59.9 Å². The van der Waals surface area contributed by atoms with Crippen LogP contribution in [0, 0.1) is 6.92 Å². The lowest BCUT2D eigenvalue weighted by Gasteiger charge is -2.31. The predicted octanol–water partition coefficient (Wildman–Crippen LogP) is 4.60. The largest absolute Gasteiger partial charge is 0.369 e. The first-order valence-electron chi connectivity index (χ1n) is 11.9. The number of aryl methyl sites for hydroxylation is 2. The lowest BCUT2D eigenvalue weighted by atomic mass is 9.89. The second kappa shape index (κ2) is 8.57. The van der Waals surface area contributed by atoms with E-state index in [1.807, 2.05) is 15.9 Å². The number of thiophene rings is 1. The van der Waals surface area contributed by atoms with Gasteiger partial charge in [0.25, 0.3) is 0 Å². The quantitative estimate of drug-likeness (QED) is 0.436. The van der Waals surface area contributed by atoms with Crippen LogP contribution in [0.5, 0.6) is 0 Å². The Morgan fingerprint density at radius 2 is 2.09 bits per heavy atom. The van der Waals surface area contributed by atoms with Crippen LogP contribution in [0.2, 0.25) is 0 Å². The first kappa shape index (κ1) is 22.1. The van der Waals surface area contributed by atoms with Crippen LogP contribution in [-0.2, 0) is 11.2 Å². The molecule has 1 aliphatic rings. The number of hydrogen-bond donors (Lipinski definition) is 2. The zero-order chi connectivity index (χ0) is 23.3. The van der Waals surface area contributed by atoms with E-state index < -0.39 is 0 Å². The summed E-state index contributed by atoms with van der Waals surface area (Å²) < 4.78 is 1.87. The molecule has 33 heavy (non-hydrogen) atoms. The number of nitrogens with two attached hydrogens (primary N) is 1. The number of pyridine rings is 1. The van der Waals surface area contributed by atoms with Crippen molar-refractivity contribution in [1.82, 2.24) is 24.5 Å². The molecule has 1 aliphatic heterocycles. The summed E-state index contributed by atoms with van der Waals surface area (Å²) in [5, 5.41) is 5.79. The molecule has 5 rings (SSSR count). The lowest BCUT2D eigenvalue weighted by Crippen LogP contribution is -2.39. The Morgan fingerprint density at radius 1 is 1.33 bits per heavy atom. The third-order valence-corrected chi connectivity index (χ3v) is 8.24. The number of amides is 1. The SMILES string of the molecule is CCc1c(C2CCN(CC(N)=O)CC2)sc2[nH]c(-c3cc(C)c4ncnn4c3)c(C(C)C)c12. The molecular formula is C25H32N6OS. The predicted molar refractivity (Wildman–Crippen MR) is 134 cm³/mol. The molecule has 1 amide bonds. The van der Waals surface area contributed by atoms with E-state index >= 15 is 0 Å². The minimum absolute atomic E-state index is 0.236. The Hall–Kier alpha value is -2.71. The molecule has 1 saturated heterocycles. The molecule has 0 spiro atoms. The van der Waals surface area contributed by atoms with Gasteiger partial charge in [-0.25, -0.2) is 9.50 Å². The maximum absolute atomic E-state index is 11.3. The van der Waals surface area contributed by atoms with E-state index in [4.69, 9.17) is 5.73 Å². The summed E-state index contributed by atoms with van der Waals surface area (Å²) in [6.07, 6.45) is 6.87. The summed E-state index contributed by atoms with van der Waals surface area (Å²) >= 11 is 1.93. The number of piperidine rings is 1. The first-order valence-corrected chi connectivity index (χ1v) is 12.7. The molecule has 4 aromatic rings. The van der Waals surface area contributed by atoms with E-state index in [0.717, 1.165) is 49.1 Å². The van der Waals surface area contributed by atoms with Crippen LogP contribution in [0.15, 0.2) is 18.6 Å². The average Bonchev–Trinajstić information content (AvgIpc) is 3.46. The summed E-state index contributed by atoms with van der Waals surface area (Å²) in [4.78, 5) is 24.5. The summed E-state index contributed by atoms with van der Waals surface area (Å²) in [6, 6.07) is 2.21. The van der Waals surface area contributed by atoms with E-state index in [1.54, 1.807) is 6.33 Å². The highest BCUT2D eigenvalue weighted by atomic mass is 32.1. The first-order chi connectivity index (χ1) is 15.9. The number of rotatable bonds is 6. The minimum Gasteiger partial charge on any atom is -0.369 e. The van der Waals surface area contributed by atoms with Gasteiger partial charge < -0.3 is 10.7 Å². The third-order valence-electron chi connectivity index (χ3n) is 6.93. The number of hydrogen-bond acceptors (Lipinski definition) is 5. The molecule has 8 heteroatoms. The van der Waals surface area contributed by atoms with Crippen LogP contribution in [0.4, 0.5) is 0 Å². The van der Waals surface area contributed by atoms with Crippen molar-refractivity contribution in [1.29, 1.82) is 0 Å².